The predicted octanol–water partition coefficient (Wildman–Crippen LogP) is 2.37. The summed E-state index contributed by atoms with van der Waals surface area (Å²) in [6, 6.07) is 4.67. The van der Waals surface area contributed by atoms with Crippen molar-refractivity contribution < 1.29 is 9.50 Å². The van der Waals surface area contributed by atoms with Crippen molar-refractivity contribution in [1.82, 2.24) is 9.78 Å². The van der Waals surface area contributed by atoms with Crippen molar-refractivity contribution in [2.75, 3.05) is 0 Å². The summed E-state index contributed by atoms with van der Waals surface area (Å²) in [7, 11) is 0. The molecule has 84 valence electrons. The number of hydrogen-bond acceptors (Lipinski definition) is 2. The Morgan fingerprint density at radius 1 is 1.44 bits per heavy atom. The summed E-state index contributed by atoms with van der Waals surface area (Å²) in [6.45, 7) is 3.45. The molecule has 0 unspecified atom stereocenters. The second-order valence-electron chi connectivity index (χ2n) is 3.81. The summed E-state index contributed by atoms with van der Waals surface area (Å²) < 4.78 is 15.2. The number of aryl methyl sites for hydroxylation is 1. The van der Waals surface area contributed by atoms with Gasteiger partial charge < -0.3 is 5.11 Å². The van der Waals surface area contributed by atoms with Gasteiger partial charge in [-0.1, -0.05) is 6.07 Å². The fourth-order valence-corrected chi connectivity index (χ4v) is 1.68. The van der Waals surface area contributed by atoms with Crippen LogP contribution in [0.5, 0.6) is 0 Å². The number of rotatable bonds is 2. The largest absolute Gasteiger partial charge is 0.389 e. The minimum atomic E-state index is -0.860. The normalized spacial score (nSPS) is 12.8. The summed E-state index contributed by atoms with van der Waals surface area (Å²) in [6.07, 6.45) is 2.62. The van der Waals surface area contributed by atoms with Crippen LogP contribution in [0.25, 0.3) is 5.69 Å². The van der Waals surface area contributed by atoms with Crippen LogP contribution in [-0.2, 0) is 0 Å². The molecule has 3 nitrogen and oxygen atoms in total. The number of benzene rings is 1. The highest BCUT2D eigenvalue weighted by atomic mass is 19.1. The molecule has 0 amide bonds. The number of nitrogens with zero attached hydrogens (tertiary/aromatic N) is 2. The van der Waals surface area contributed by atoms with E-state index in [1.54, 1.807) is 29.2 Å². The third-order valence-electron chi connectivity index (χ3n) is 2.41. The average molecular weight is 220 g/mol. The fourth-order valence-electron chi connectivity index (χ4n) is 1.68. The van der Waals surface area contributed by atoms with Gasteiger partial charge in [-0.2, -0.15) is 5.10 Å². The lowest BCUT2D eigenvalue weighted by molar-refractivity contribution is 0.194. The van der Waals surface area contributed by atoms with E-state index in [2.05, 4.69) is 5.10 Å². The molecule has 0 saturated carbocycles. The van der Waals surface area contributed by atoms with E-state index in [1.165, 1.54) is 13.0 Å². The fraction of sp³-hybridized carbons (Fsp3) is 0.250. The lowest BCUT2D eigenvalue weighted by atomic mass is 10.1. The van der Waals surface area contributed by atoms with Gasteiger partial charge >= 0.3 is 0 Å². The Morgan fingerprint density at radius 3 is 2.75 bits per heavy atom. The monoisotopic (exact) mass is 220 g/mol. The molecule has 0 saturated heterocycles. The Bertz CT molecular complexity index is 505. The van der Waals surface area contributed by atoms with Gasteiger partial charge in [-0.3, -0.25) is 0 Å². The summed E-state index contributed by atoms with van der Waals surface area (Å²) in [5, 5.41) is 13.7. The van der Waals surface area contributed by atoms with Crippen molar-refractivity contribution in [3.05, 3.63) is 47.5 Å². The first-order valence-corrected chi connectivity index (χ1v) is 5.07. The Balaban J connectivity index is 2.60. The molecule has 0 bridgehead atoms. The zero-order chi connectivity index (χ0) is 11.7. The predicted molar refractivity (Wildman–Crippen MR) is 58.9 cm³/mol. The molecule has 1 N–H and O–H groups in total. The van der Waals surface area contributed by atoms with Crippen LogP contribution in [0.15, 0.2) is 30.6 Å². The van der Waals surface area contributed by atoms with Gasteiger partial charge in [-0.05, 0) is 31.5 Å². The Morgan fingerprint density at radius 2 is 2.19 bits per heavy atom. The zero-order valence-electron chi connectivity index (χ0n) is 9.18. The first kappa shape index (κ1) is 10.8. The van der Waals surface area contributed by atoms with Crippen LogP contribution in [0.3, 0.4) is 0 Å². The minimum Gasteiger partial charge on any atom is -0.389 e. The smallest absolute Gasteiger partial charge is 0.131 e. The molecular weight excluding hydrogens is 207 g/mol. The number of aliphatic hydroxyl groups excluding tert-OH is 1. The van der Waals surface area contributed by atoms with Gasteiger partial charge in [0.15, 0.2) is 0 Å². The maximum absolute atomic E-state index is 13.6. The molecule has 2 aromatic rings. The van der Waals surface area contributed by atoms with E-state index in [1.807, 2.05) is 6.92 Å². The van der Waals surface area contributed by atoms with Crippen LogP contribution in [0, 0.1) is 12.7 Å². The summed E-state index contributed by atoms with van der Waals surface area (Å²) in [5.74, 6) is -0.416. The zero-order valence-corrected chi connectivity index (χ0v) is 9.18. The van der Waals surface area contributed by atoms with Gasteiger partial charge in [0, 0.05) is 11.8 Å². The molecule has 0 spiro atoms. The van der Waals surface area contributed by atoms with Crippen molar-refractivity contribution >= 4 is 0 Å². The highest BCUT2D eigenvalue weighted by Crippen LogP contribution is 2.24. The number of aromatic nitrogens is 2. The van der Waals surface area contributed by atoms with E-state index in [4.69, 9.17) is 0 Å². The Hall–Kier alpha value is -1.68. The van der Waals surface area contributed by atoms with Crippen molar-refractivity contribution in [3.63, 3.8) is 0 Å². The van der Waals surface area contributed by atoms with Crippen molar-refractivity contribution in [2.45, 2.75) is 20.0 Å². The van der Waals surface area contributed by atoms with E-state index in [9.17, 15) is 9.50 Å². The molecule has 2 rings (SSSR count). The summed E-state index contributed by atoms with van der Waals surface area (Å²) >= 11 is 0. The Kier molecular flexibility index (Phi) is 2.75. The molecule has 1 aromatic heterocycles. The topological polar surface area (TPSA) is 38.0 Å². The van der Waals surface area contributed by atoms with Crippen LogP contribution < -0.4 is 0 Å². The number of halogens is 1. The molecular formula is C12H13FN2O. The lowest BCUT2D eigenvalue weighted by Gasteiger charge is -2.12. The van der Waals surface area contributed by atoms with Gasteiger partial charge in [0.05, 0.1) is 18.0 Å². The molecule has 1 atom stereocenters. The van der Waals surface area contributed by atoms with E-state index in [-0.39, 0.29) is 5.56 Å². The third kappa shape index (κ3) is 1.84. The third-order valence-corrected chi connectivity index (χ3v) is 2.41. The molecule has 0 fully saturated rings. The standard InChI is InChI=1S/C12H13FN2O/c1-8-6-14-15(7-8)11-5-3-4-10(13)12(11)9(2)16/h3-7,9,16H,1-2H3/t9-/m0/s1. The second-order valence-corrected chi connectivity index (χ2v) is 3.81. The quantitative estimate of drug-likeness (QED) is 0.843. The number of hydrogen-bond donors (Lipinski definition) is 1. The first-order valence-electron chi connectivity index (χ1n) is 5.07. The number of aliphatic hydroxyl groups is 1. The summed E-state index contributed by atoms with van der Waals surface area (Å²) in [4.78, 5) is 0. The molecule has 0 aliphatic rings. The van der Waals surface area contributed by atoms with Crippen LogP contribution in [0.1, 0.15) is 24.2 Å². The molecule has 1 heterocycles. The average Bonchev–Trinajstić information content (AvgIpc) is 2.63. The summed E-state index contributed by atoms with van der Waals surface area (Å²) in [5.41, 5.74) is 1.83. The Labute approximate surface area is 93.2 Å². The highest BCUT2D eigenvalue weighted by Gasteiger charge is 2.14. The van der Waals surface area contributed by atoms with Gasteiger partial charge in [0.1, 0.15) is 5.82 Å². The molecule has 0 radical (unpaired) electrons. The van der Waals surface area contributed by atoms with E-state index >= 15 is 0 Å². The SMILES string of the molecule is Cc1cnn(-c2cccc(F)c2[C@H](C)O)c1. The molecule has 4 heteroatoms. The maximum atomic E-state index is 13.6. The van der Waals surface area contributed by atoms with Crippen LogP contribution in [0.4, 0.5) is 4.39 Å². The lowest BCUT2D eigenvalue weighted by Crippen LogP contribution is -2.05. The van der Waals surface area contributed by atoms with Crippen LogP contribution >= 0.6 is 0 Å². The molecule has 1 aromatic carbocycles. The van der Waals surface area contributed by atoms with Gasteiger partial charge in [-0.15, -0.1) is 0 Å². The van der Waals surface area contributed by atoms with Gasteiger partial charge in [0.2, 0.25) is 0 Å². The molecule has 0 aliphatic carbocycles. The van der Waals surface area contributed by atoms with Gasteiger partial charge in [0.25, 0.3) is 0 Å². The van der Waals surface area contributed by atoms with Crippen molar-refractivity contribution in [1.29, 1.82) is 0 Å². The first-order chi connectivity index (χ1) is 7.59. The highest BCUT2D eigenvalue weighted by molar-refractivity contribution is 5.42. The molecule has 16 heavy (non-hydrogen) atoms. The second kappa shape index (κ2) is 4.06. The van der Waals surface area contributed by atoms with E-state index in [0.717, 1.165) is 5.56 Å². The van der Waals surface area contributed by atoms with Crippen LogP contribution in [0.2, 0.25) is 0 Å². The molecule has 0 aliphatic heterocycles. The van der Waals surface area contributed by atoms with Crippen molar-refractivity contribution in [2.24, 2.45) is 0 Å². The van der Waals surface area contributed by atoms with E-state index < -0.39 is 11.9 Å². The minimum absolute atomic E-state index is 0.269. The maximum Gasteiger partial charge on any atom is 0.131 e. The van der Waals surface area contributed by atoms with E-state index in [0.29, 0.717) is 5.69 Å². The van der Waals surface area contributed by atoms with Gasteiger partial charge in [-0.25, -0.2) is 9.07 Å². The van der Waals surface area contributed by atoms with Crippen molar-refractivity contribution in [3.8, 4) is 5.69 Å². The van der Waals surface area contributed by atoms with Crippen LogP contribution in [-0.4, -0.2) is 14.9 Å².